The van der Waals surface area contributed by atoms with Crippen LogP contribution < -0.4 is 16.0 Å². The molecule has 0 aliphatic heterocycles. The van der Waals surface area contributed by atoms with E-state index in [2.05, 4.69) is 48.5 Å². The van der Waals surface area contributed by atoms with Gasteiger partial charge in [-0.05, 0) is 78.1 Å². The second-order valence-corrected chi connectivity index (χ2v) is 7.90. The average molecular weight is 547 g/mol. The predicted molar refractivity (Wildman–Crippen MR) is 143 cm³/mol. The minimum atomic E-state index is -0.0193. The van der Waals surface area contributed by atoms with E-state index >= 15 is 0 Å². The van der Waals surface area contributed by atoms with Crippen molar-refractivity contribution < 1.29 is 4.79 Å². The SMILES string of the molecule is CCNC(=NCc1cccc(NC(=O)CN(C)C)c1)NC(C)CCCN(CC)CC.I. The number of halogens is 1. The Labute approximate surface area is 206 Å². The number of guanidine groups is 1. The van der Waals surface area contributed by atoms with Crippen molar-refractivity contribution in [3.63, 3.8) is 0 Å². The molecule has 0 aliphatic rings. The summed E-state index contributed by atoms with van der Waals surface area (Å²) in [5, 5.41) is 9.77. The number of benzene rings is 1. The molecule has 0 spiro atoms. The van der Waals surface area contributed by atoms with Gasteiger partial charge in [0.15, 0.2) is 5.96 Å². The second-order valence-electron chi connectivity index (χ2n) is 7.90. The highest BCUT2D eigenvalue weighted by Crippen LogP contribution is 2.11. The summed E-state index contributed by atoms with van der Waals surface area (Å²) >= 11 is 0. The summed E-state index contributed by atoms with van der Waals surface area (Å²) in [4.78, 5) is 21.0. The van der Waals surface area contributed by atoms with Crippen LogP contribution in [0.1, 0.15) is 46.1 Å². The summed E-state index contributed by atoms with van der Waals surface area (Å²) in [5.41, 5.74) is 1.86. The molecule has 7 nitrogen and oxygen atoms in total. The first-order valence-corrected chi connectivity index (χ1v) is 11.2. The van der Waals surface area contributed by atoms with Gasteiger partial charge in [0, 0.05) is 18.3 Å². The number of carbonyl (C=O) groups excluding carboxylic acids is 1. The lowest BCUT2D eigenvalue weighted by Gasteiger charge is -2.21. The number of likely N-dealkylation sites (N-methyl/N-ethyl adjacent to an activating group) is 1. The van der Waals surface area contributed by atoms with Gasteiger partial charge in [0.25, 0.3) is 0 Å². The van der Waals surface area contributed by atoms with Gasteiger partial charge in [-0.2, -0.15) is 0 Å². The number of aliphatic imine (C=N–C) groups is 1. The van der Waals surface area contributed by atoms with Gasteiger partial charge in [-0.15, -0.1) is 24.0 Å². The third kappa shape index (κ3) is 13.6. The van der Waals surface area contributed by atoms with E-state index in [1.165, 1.54) is 6.42 Å². The summed E-state index contributed by atoms with van der Waals surface area (Å²) in [5.74, 6) is 0.809. The Balaban J connectivity index is 0.00000900. The topological polar surface area (TPSA) is 72.0 Å². The fraction of sp³-hybridized carbons (Fsp3) is 0.652. The number of hydrogen-bond donors (Lipinski definition) is 3. The summed E-state index contributed by atoms with van der Waals surface area (Å²) < 4.78 is 0. The Bertz CT molecular complexity index is 649. The van der Waals surface area contributed by atoms with Crippen LogP contribution in [0.2, 0.25) is 0 Å². The molecular formula is C23H43IN6O. The number of carbonyl (C=O) groups is 1. The van der Waals surface area contributed by atoms with Crippen molar-refractivity contribution in [2.75, 3.05) is 52.1 Å². The van der Waals surface area contributed by atoms with Crippen LogP contribution >= 0.6 is 24.0 Å². The van der Waals surface area contributed by atoms with Crippen molar-refractivity contribution in [2.24, 2.45) is 4.99 Å². The molecule has 3 N–H and O–H groups in total. The molecule has 1 amide bonds. The van der Waals surface area contributed by atoms with Crippen molar-refractivity contribution >= 4 is 41.5 Å². The molecule has 31 heavy (non-hydrogen) atoms. The van der Waals surface area contributed by atoms with Gasteiger partial charge in [-0.3, -0.25) is 4.79 Å². The number of anilines is 1. The highest BCUT2D eigenvalue weighted by atomic mass is 127. The standard InChI is InChI=1S/C23H42N6O.HI/c1-7-24-23(26-19(4)12-11-15-29(8-2)9-3)25-17-20-13-10-14-21(16-20)27-22(30)18-28(5)6;/h10,13-14,16,19H,7-9,11-12,15,17-18H2,1-6H3,(H,27,30)(H2,24,25,26);1H. The predicted octanol–water partition coefficient (Wildman–Crippen LogP) is 3.37. The Morgan fingerprint density at radius 2 is 1.87 bits per heavy atom. The first-order valence-electron chi connectivity index (χ1n) is 11.2. The van der Waals surface area contributed by atoms with Gasteiger partial charge < -0.3 is 25.8 Å². The first-order chi connectivity index (χ1) is 14.4. The molecule has 178 valence electrons. The number of rotatable bonds is 13. The molecule has 0 fully saturated rings. The highest BCUT2D eigenvalue weighted by Gasteiger charge is 2.07. The molecule has 1 rings (SSSR count). The van der Waals surface area contributed by atoms with Crippen LogP contribution in [-0.2, 0) is 11.3 Å². The smallest absolute Gasteiger partial charge is 0.238 e. The molecule has 8 heteroatoms. The molecular weight excluding hydrogens is 503 g/mol. The molecule has 0 bridgehead atoms. The van der Waals surface area contributed by atoms with Crippen LogP contribution in [0.25, 0.3) is 0 Å². The molecule has 0 radical (unpaired) electrons. The van der Waals surface area contributed by atoms with Gasteiger partial charge in [-0.1, -0.05) is 26.0 Å². The van der Waals surface area contributed by atoms with Crippen molar-refractivity contribution in [2.45, 2.75) is 53.1 Å². The van der Waals surface area contributed by atoms with Crippen molar-refractivity contribution in [1.82, 2.24) is 20.4 Å². The normalized spacial score (nSPS) is 12.5. The summed E-state index contributed by atoms with van der Waals surface area (Å²) in [6, 6.07) is 8.22. The second kappa shape index (κ2) is 17.2. The van der Waals surface area contributed by atoms with Gasteiger partial charge >= 0.3 is 0 Å². The van der Waals surface area contributed by atoms with E-state index in [4.69, 9.17) is 4.99 Å². The maximum atomic E-state index is 12.0. The third-order valence-electron chi connectivity index (χ3n) is 4.82. The Morgan fingerprint density at radius 1 is 1.16 bits per heavy atom. The maximum Gasteiger partial charge on any atom is 0.238 e. The third-order valence-corrected chi connectivity index (χ3v) is 4.82. The Kier molecular flexibility index (Phi) is 16.4. The average Bonchev–Trinajstić information content (AvgIpc) is 2.69. The lowest BCUT2D eigenvalue weighted by molar-refractivity contribution is -0.116. The first kappa shape index (κ1) is 29.6. The van der Waals surface area contributed by atoms with Gasteiger partial charge in [0.1, 0.15) is 0 Å². The Morgan fingerprint density at radius 3 is 2.48 bits per heavy atom. The van der Waals surface area contributed by atoms with Gasteiger partial charge in [0.2, 0.25) is 5.91 Å². The fourth-order valence-corrected chi connectivity index (χ4v) is 3.19. The zero-order chi connectivity index (χ0) is 22.4. The van der Waals surface area contributed by atoms with E-state index < -0.39 is 0 Å². The Hall–Kier alpha value is -1.39. The number of nitrogens with one attached hydrogen (secondary N) is 3. The van der Waals surface area contributed by atoms with Gasteiger partial charge in [0.05, 0.1) is 13.1 Å². The van der Waals surface area contributed by atoms with E-state index in [-0.39, 0.29) is 29.9 Å². The van der Waals surface area contributed by atoms with Crippen LogP contribution in [0.3, 0.4) is 0 Å². The molecule has 1 aromatic rings. The van der Waals surface area contributed by atoms with Crippen LogP contribution in [0.4, 0.5) is 5.69 Å². The molecule has 1 atom stereocenters. The molecule has 0 aliphatic carbocycles. The maximum absolute atomic E-state index is 12.0. The van der Waals surface area contributed by atoms with E-state index in [0.29, 0.717) is 19.1 Å². The summed E-state index contributed by atoms with van der Waals surface area (Å²) in [7, 11) is 3.76. The molecule has 1 aromatic carbocycles. The number of amides is 1. The van der Waals surface area contributed by atoms with Crippen LogP contribution in [0.5, 0.6) is 0 Å². The van der Waals surface area contributed by atoms with E-state index in [9.17, 15) is 4.79 Å². The molecule has 0 heterocycles. The van der Waals surface area contributed by atoms with Crippen molar-refractivity contribution in [3.05, 3.63) is 29.8 Å². The van der Waals surface area contributed by atoms with Crippen molar-refractivity contribution in [1.29, 1.82) is 0 Å². The number of nitrogens with zero attached hydrogens (tertiary/aromatic N) is 3. The summed E-state index contributed by atoms with van der Waals surface area (Å²) in [6.07, 6.45) is 2.28. The van der Waals surface area contributed by atoms with Crippen LogP contribution in [-0.4, -0.2) is 74.5 Å². The lowest BCUT2D eigenvalue weighted by atomic mass is 10.2. The zero-order valence-corrected chi connectivity index (χ0v) is 22.5. The van der Waals surface area contributed by atoms with E-state index in [1.807, 2.05) is 43.3 Å². The molecule has 0 aromatic heterocycles. The minimum Gasteiger partial charge on any atom is -0.357 e. The largest absolute Gasteiger partial charge is 0.357 e. The quantitative estimate of drug-likeness (QED) is 0.201. The lowest BCUT2D eigenvalue weighted by Crippen LogP contribution is -2.42. The van der Waals surface area contributed by atoms with Crippen LogP contribution in [0, 0.1) is 0 Å². The number of hydrogen-bond acceptors (Lipinski definition) is 4. The molecule has 0 saturated carbocycles. The minimum absolute atomic E-state index is 0. The summed E-state index contributed by atoms with van der Waals surface area (Å²) in [6.45, 7) is 13.8. The zero-order valence-electron chi connectivity index (χ0n) is 20.2. The fourth-order valence-electron chi connectivity index (χ4n) is 3.19. The van der Waals surface area contributed by atoms with Crippen molar-refractivity contribution in [3.8, 4) is 0 Å². The van der Waals surface area contributed by atoms with Crippen LogP contribution in [0.15, 0.2) is 29.3 Å². The molecule has 0 saturated heterocycles. The van der Waals surface area contributed by atoms with E-state index in [1.54, 1.807) is 0 Å². The van der Waals surface area contributed by atoms with Gasteiger partial charge in [-0.25, -0.2) is 4.99 Å². The highest BCUT2D eigenvalue weighted by molar-refractivity contribution is 14.0. The monoisotopic (exact) mass is 546 g/mol. The van der Waals surface area contributed by atoms with E-state index in [0.717, 1.165) is 49.8 Å². The molecule has 1 unspecified atom stereocenters.